The summed E-state index contributed by atoms with van der Waals surface area (Å²) >= 11 is 0. The Kier molecular flexibility index (Phi) is 5.85. The van der Waals surface area contributed by atoms with E-state index >= 15 is 0 Å². The number of carbonyl (C=O) groups excluding carboxylic acids is 1. The minimum atomic E-state index is -0.580. The highest BCUT2D eigenvalue weighted by Crippen LogP contribution is 2.31. The fourth-order valence-corrected chi connectivity index (χ4v) is 3.92. The van der Waals surface area contributed by atoms with E-state index in [1.807, 2.05) is 18.3 Å². The summed E-state index contributed by atoms with van der Waals surface area (Å²) in [5.74, 6) is 0.105. The van der Waals surface area contributed by atoms with E-state index < -0.39 is 5.60 Å². The Bertz CT molecular complexity index is 521. The van der Waals surface area contributed by atoms with Crippen LogP contribution < -0.4 is 5.32 Å². The summed E-state index contributed by atoms with van der Waals surface area (Å²) in [5, 5.41) is 3.26. The average Bonchev–Trinajstić information content (AvgIpc) is 2.64. The van der Waals surface area contributed by atoms with Crippen LogP contribution in [0.15, 0.2) is 24.4 Å². The van der Waals surface area contributed by atoms with Crippen LogP contribution >= 0.6 is 0 Å². The lowest BCUT2D eigenvalue weighted by molar-refractivity contribution is -0.148. The van der Waals surface area contributed by atoms with Crippen LogP contribution in [0.2, 0.25) is 0 Å². The molecule has 1 aliphatic carbocycles. The number of hydrogen-bond donors (Lipinski definition) is 1. The lowest BCUT2D eigenvalue weighted by Crippen LogP contribution is -2.54. The second-order valence-corrected chi connectivity index (χ2v) is 7.10. The van der Waals surface area contributed by atoms with Gasteiger partial charge in [0.2, 0.25) is 0 Å². The van der Waals surface area contributed by atoms with E-state index in [0.29, 0.717) is 0 Å². The quantitative estimate of drug-likeness (QED) is 0.901. The molecule has 0 bridgehead atoms. The topological polar surface area (TPSA) is 54.5 Å². The zero-order chi connectivity index (χ0) is 16.8. The first-order valence-corrected chi connectivity index (χ1v) is 9.20. The summed E-state index contributed by atoms with van der Waals surface area (Å²) in [6.07, 6.45) is 8.94. The van der Waals surface area contributed by atoms with E-state index in [-0.39, 0.29) is 11.9 Å². The molecule has 2 heterocycles. The van der Waals surface area contributed by atoms with Crippen molar-refractivity contribution in [2.75, 3.05) is 20.2 Å². The highest BCUT2D eigenvalue weighted by molar-refractivity contribution is 5.85. The van der Waals surface area contributed by atoms with Crippen LogP contribution in [0, 0.1) is 0 Å². The van der Waals surface area contributed by atoms with Gasteiger partial charge in [0.25, 0.3) is 5.91 Å². The third kappa shape index (κ3) is 4.14. The van der Waals surface area contributed by atoms with Crippen LogP contribution in [-0.4, -0.2) is 47.6 Å². The SMILES string of the molecule is COC1(C(=O)NC2CCN(Cc3ccccn3)CC2)CCCCC1. The molecule has 1 saturated heterocycles. The van der Waals surface area contributed by atoms with E-state index in [4.69, 9.17) is 4.74 Å². The van der Waals surface area contributed by atoms with Crippen LogP contribution in [0.4, 0.5) is 0 Å². The van der Waals surface area contributed by atoms with Gasteiger partial charge in [-0.25, -0.2) is 0 Å². The van der Waals surface area contributed by atoms with E-state index in [1.54, 1.807) is 7.11 Å². The first-order chi connectivity index (χ1) is 11.7. The molecule has 0 unspecified atom stereocenters. The number of ether oxygens (including phenoxy) is 1. The molecular weight excluding hydrogens is 302 g/mol. The largest absolute Gasteiger partial charge is 0.368 e. The number of nitrogens with one attached hydrogen (secondary N) is 1. The van der Waals surface area contributed by atoms with E-state index in [0.717, 1.165) is 63.9 Å². The first-order valence-electron chi connectivity index (χ1n) is 9.20. The van der Waals surface area contributed by atoms with Crippen molar-refractivity contribution in [2.24, 2.45) is 0 Å². The molecule has 2 fully saturated rings. The average molecular weight is 331 g/mol. The standard InChI is InChI=1S/C19H29N3O2/c1-24-19(10-4-2-5-11-19)18(23)21-16-8-13-22(14-9-16)15-17-7-3-6-12-20-17/h3,6-7,12,16H,2,4-5,8-11,13-15H2,1H3,(H,21,23). The molecule has 1 aromatic rings. The minimum Gasteiger partial charge on any atom is -0.368 e. The molecule has 3 rings (SSSR count). The molecule has 0 aromatic carbocycles. The maximum atomic E-state index is 12.7. The Morgan fingerprint density at radius 3 is 2.67 bits per heavy atom. The molecule has 0 spiro atoms. The number of nitrogens with zero attached hydrogens (tertiary/aromatic N) is 2. The highest BCUT2D eigenvalue weighted by atomic mass is 16.5. The highest BCUT2D eigenvalue weighted by Gasteiger charge is 2.40. The molecule has 5 nitrogen and oxygen atoms in total. The Labute approximate surface area is 144 Å². The third-order valence-electron chi connectivity index (χ3n) is 5.50. The monoisotopic (exact) mass is 331 g/mol. The van der Waals surface area contributed by atoms with Crippen molar-refractivity contribution in [1.29, 1.82) is 0 Å². The molecule has 24 heavy (non-hydrogen) atoms. The van der Waals surface area contributed by atoms with Gasteiger partial charge in [0, 0.05) is 39.0 Å². The number of rotatable bonds is 5. The first kappa shape index (κ1) is 17.4. The molecule has 1 N–H and O–H groups in total. The predicted molar refractivity (Wildman–Crippen MR) is 93.5 cm³/mol. The van der Waals surface area contributed by atoms with Crippen molar-refractivity contribution in [3.8, 4) is 0 Å². The van der Waals surface area contributed by atoms with Gasteiger partial charge in [-0.15, -0.1) is 0 Å². The number of pyridine rings is 1. The maximum Gasteiger partial charge on any atom is 0.252 e. The number of aromatic nitrogens is 1. The van der Waals surface area contributed by atoms with Gasteiger partial charge in [-0.2, -0.15) is 0 Å². The van der Waals surface area contributed by atoms with Crippen molar-refractivity contribution in [3.05, 3.63) is 30.1 Å². The summed E-state index contributed by atoms with van der Waals surface area (Å²) in [6, 6.07) is 6.32. The number of amides is 1. The van der Waals surface area contributed by atoms with Crippen molar-refractivity contribution in [3.63, 3.8) is 0 Å². The van der Waals surface area contributed by atoms with Gasteiger partial charge in [0.1, 0.15) is 5.60 Å². The normalized spacial score (nSPS) is 22.2. The smallest absolute Gasteiger partial charge is 0.252 e. The van der Waals surface area contributed by atoms with E-state index in [1.165, 1.54) is 6.42 Å². The number of carbonyl (C=O) groups is 1. The van der Waals surface area contributed by atoms with Gasteiger partial charge in [-0.1, -0.05) is 25.3 Å². The Balaban J connectivity index is 1.47. The number of piperidine rings is 1. The van der Waals surface area contributed by atoms with Crippen LogP contribution in [-0.2, 0) is 16.1 Å². The van der Waals surface area contributed by atoms with E-state index in [9.17, 15) is 4.79 Å². The molecular formula is C19H29N3O2. The fourth-order valence-electron chi connectivity index (χ4n) is 3.92. The van der Waals surface area contributed by atoms with Crippen LogP contribution in [0.5, 0.6) is 0 Å². The summed E-state index contributed by atoms with van der Waals surface area (Å²) in [5.41, 5.74) is 0.532. The fraction of sp³-hybridized carbons (Fsp3) is 0.684. The van der Waals surface area contributed by atoms with Crippen LogP contribution in [0.3, 0.4) is 0 Å². The molecule has 2 aliphatic rings. The molecule has 132 valence electrons. The summed E-state index contributed by atoms with van der Waals surface area (Å²) in [4.78, 5) is 19.5. The zero-order valence-electron chi connectivity index (χ0n) is 14.7. The van der Waals surface area contributed by atoms with Crippen LogP contribution in [0.25, 0.3) is 0 Å². The molecule has 1 aromatic heterocycles. The van der Waals surface area contributed by atoms with Gasteiger partial charge >= 0.3 is 0 Å². The Morgan fingerprint density at radius 2 is 2.04 bits per heavy atom. The van der Waals surface area contributed by atoms with Gasteiger partial charge in [0.05, 0.1) is 5.69 Å². The third-order valence-corrected chi connectivity index (χ3v) is 5.50. The Morgan fingerprint density at radius 1 is 1.29 bits per heavy atom. The molecule has 1 aliphatic heterocycles. The summed E-state index contributed by atoms with van der Waals surface area (Å²) in [6.45, 7) is 2.90. The second kappa shape index (κ2) is 8.08. The second-order valence-electron chi connectivity index (χ2n) is 7.10. The lowest BCUT2D eigenvalue weighted by Gasteiger charge is -2.38. The van der Waals surface area contributed by atoms with Crippen molar-refractivity contribution < 1.29 is 9.53 Å². The zero-order valence-corrected chi connectivity index (χ0v) is 14.7. The number of methoxy groups -OCH3 is 1. The molecule has 1 saturated carbocycles. The molecule has 0 radical (unpaired) electrons. The molecule has 0 atom stereocenters. The molecule has 1 amide bonds. The van der Waals surface area contributed by atoms with Crippen molar-refractivity contribution in [1.82, 2.24) is 15.2 Å². The van der Waals surface area contributed by atoms with Crippen molar-refractivity contribution in [2.45, 2.75) is 63.1 Å². The summed E-state index contributed by atoms with van der Waals surface area (Å²) < 4.78 is 5.65. The van der Waals surface area contributed by atoms with Crippen LogP contribution in [0.1, 0.15) is 50.6 Å². The minimum absolute atomic E-state index is 0.105. The van der Waals surface area contributed by atoms with Gasteiger partial charge in [-0.05, 0) is 37.8 Å². The van der Waals surface area contributed by atoms with Gasteiger partial charge < -0.3 is 10.1 Å². The van der Waals surface area contributed by atoms with Crippen molar-refractivity contribution >= 4 is 5.91 Å². The van der Waals surface area contributed by atoms with Gasteiger partial charge in [0.15, 0.2) is 0 Å². The van der Waals surface area contributed by atoms with Gasteiger partial charge in [-0.3, -0.25) is 14.7 Å². The lowest BCUT2D eigenvalue weighted by atomic mass is 9.83. The number of likely N-dealkylation sites (tertiary alicyclic amines) is 1. The summed E-state index contributed by atoms with van der Waals surface area (Å²) in [7, 11) is 1.68. The molecule has 5 heteroatoms. The predicted octanol–water partition coefficient (Wildman–Crippen LogP) is 2.51. The number of hydrogen-bond acceptors (Lipinski definition) is 4. The van der Waals surface area contributed by atoms with E-state index in [2.05, 4.69) is 21.3 Å². The Hall–Kier alpha value is -1.46. The maximum absolute atomic E-state index is 12.7.